The van der Waals surface area contributed by atoms with Crippen LogP contribution in [-0.2, 0) is 13.0 Å². The second-order valence-electron chi connectivity index (χ2n) is 8.82. The van der Waals surface area contributed by atoms with Crippen LogP contribution in [0.3, 0.4) is 0 Å². The predicted molar refractivity (Wildman–Crippen MR) is 138 cm³/mol. The van der Waals surface area contributed by atoms with Gasteiger partial charge in [0.15, 0.2) is 17.7 Å². The highest BCUT2D eigenvalue weighted by Crippen LogP contribution is 2.31. The summed E-state index contributed by atoms with van der Waals surface area (Å²) >= 11 is 6.06. The summed E-state index contributed by atoms with van der Waals surface area (Å²) in [5.41, 5.74) is 2.56. The van der Waals surface area contributed by atoms with Crippen molar-refractivity contribution in [1.29, 1.82) is 0 Å². The molecule has 0 aliphatic heterocycles. The zero-order valence-corrected chi connectivity index (χ0v) is 21.9. The highest BCUT2D eigenvalue weighted by Gasteiger charge is 2.38. The van der Waals surface area contributed by atoms with Crippen molar-refractivity contribution in [2.45, 2.75) is 58.5 Å². The van der Waals surface area contributed by atoms with Crippen molar-refractivity contribution in [2.24, 2.45) is 0 Å². The molecule has 0 radical (unpaired) electrons. The van der Waals surface area contributed by atoms with Crippen LogP contribution in [0.1, 0.15) is 53.7 Å². The van der Waals surface area contributed by atoms with E-state index in [2.05, 4.69) is 10.3 Å². The first-order valence-corrected chi connectivity index (χ1v) is 12.4. The Hall–Kier alpha value is -3.37. The zero-order chi connectivity index (χ0) is 28.0. The number of nitrogens with zero attached hydrogens (tertiary/aromatic N) is 2. The van der Waals surface area contributed by atoms with Crippen molar-refractivity contribution >= 4 is 23.3 Å². The number of rotatable bonds is 11. The van der Waals surface area contributed by atoms with Crippen LogP contribution in [0, 0.1) is 0 Å². The van der Waals surface area contributed by atoms with Crippen molar-refractivity contribution in [1.82, 2.24) is 14.9 Å². The van der Waals surface area contributed by atoms with E-state index in [-0.39, 0.29) is 35.1 Å². The number of halogens is 4. The SMILES string of the molecule is CCn1cc(-c2ccc(C[C@@H](CCO)NC(=O)c3ccc(OC(C)C(F)(F)F)c(Cl)c3)cc2)nc1C(C)=O. The predicted octanol–water partition coefficient (Wildman–Crippen LogP) is 5.48. The summed E-state index contributed by atoms with van der Waals surface area (Å²) in [7, 11) is 0. The van der Waals surface area contributed by atoms with Gasteiger partial charge in [-0.05, 0) is 50.5 Å². The molecular formula is C27H29ClF3N3O4. The van der Waals surface area contributed by atoms with Crippen LogP contribution in [0.25, 0.3) is 11.3 Å². The van der Waals surface area contributed by atoms with Crippen molar-refractivity contribution in [3.8, 4) is 17.0 Å². The minimum Gasteiger partial charge on any atom is -0.480 e. The fourth-order valence-electron chi connectivity index (χ4n) is 3.82. The molecule has 38 heavy (non-hydrogen) atoms. The largest absolute Gasteiger partial charge is 0.480 e. The van der Waals surface area contributed by atoms with Crippen LogP contribution in [0.4, 0.5) is 13.2 Å². The second-order valence-corrected chi connectivity index (χ2v) is 9.23. The molecule has 1 amide bonds. The minimum absolute atomic E-state index is 0.114. The Balaban J connectivity index is 1.69. The van der Waals surface area contributed by atoms with E-state index in [1.165, 1.54) is 25.1 Å². The quantitative estimate of drug-likeness (QED) is 0.308. The number of alkyl halides is 3. The monoisotopic (exact) mass is 551 g/mol. The third-order valence-electron chi connectivity index (χ3n) is 5.94. The van der Waals surface area contributed by atoms with Crippen LogP contribution >= 0.6 is 11.6 Å². The second kappa shape index (κ2) is 12.4. The number of carbonyl (C=O) groups excluding carboxylic acids is 2. The Morgan fingerprint density at radius 1 is 1.18 bits per heavy atom. The number of hydrogen-bond donors (Lipinski definition) is 2. The number of Topliss-reactive ketones (excluding diaryl/α,β-unsaturated/α-hetero) is 1. The first kappa shape index (κ1) is 29.2. The third kappa shape index (κ3) is 7.35. The molecule has 2 atom stereocenters. The lowest BCUT2D eigenvalue weighted by molar-refractivity contribution is -0.189. The van der Waals surface area contributed by atoms with Crippen LogP contribution in [0.2, 0.25) is 5.02 Å². The molecular weight excluding hydrogens is 523 g/mol. The number of nitrogens with one attached hydrogen (secondary N) is 1. The molecule has 3 rings (SSSR count). The summed E-state index contributed by atoms with van der Waals surface area (Å²) in [6, 6.07) is 10.9. The van der Waals surface area contributed by atoms with E-state index < -0.39 is 24.2 Å². The van der Waals surface area contributed by atoms with Crippen LogP contribution in [-0.4, -0.2) is 51.3 Å². The Morgan fingerprint density at radius 3 is 2.39 bits per heavy atom. The van der Waals surface area contributed by atoms with E-state index in [9.17, 15) is 27.9 Å². The summed E-state index contributed by atoms with van der Waals surface area (Å²) in [6.45, 7) is 4.73. The van der Waals surface area contributed by atoms with Gasteiger partial charge in [0.05, 0.1) is 10.7 Å². The topological polar surface area (TPSA) is 93.4 Å². The maximum atomic E-state index is 12.8. The molecule has 1 aromatic heterocycles. The molecule has 11 heteroatoms. The smallest absolute Gasteiger partial charge is 0.425 e. The van der Waals surface area contributed by atoms with E-state index in [4.69, 9.17) is 16.3 Å². The van der Waals surface area contributed by atoms with Gasteiger partial charge in [0.1, 0.15) is 5.75 Å². The van der Waals surface area contributed by atoms with Crippen LogP contribution in [0.5, 0.6) is 5.75 Å². The van der Waals surface area contributed by atoms with E-state index in [0.29, 0.717) is 24.5 Å². The Morgan fingerprint density at radius 2 is 1.87 bits per heavy atom. The van der Waals surface area contributed by atoms with Crippen LogP contribution in [0.15, 0.2) is 48.7 Å². The lowest BCUT2D eigenvalue weighted by Gasteiger charge is -2.20. The van der Waals surface area contributed by atoms with Crippen molar-refractivity contribution in [2.75, 3.05) is 6.61 Å². The van der Waals surface area contributed by atoms with E-state index in [1.807, 2.05) is 37.4 Å². The third-order valence-corrected chi connectivity index (χ3v) is 6.23. The summed E-state index contributed by atoms with van der Waals surface area (Å²) < 4.78 is 45.0. The molecule has 3 aromatic rings. The number of aliphatic hydroxyl groups excluding tert-OH is 1. The Kier molecular flexibility index (Phi) is 9.56. The molecule has 0 saturated carbocycles. The summed E-state index contributed by atoms with van der Waals surface area (Å²) in [4.78, 5) is 29.1. The van der Waals surface area contributed by atoms with Gasteiger partial charge in [-0.3, -0.25) is 9.59 Å². The van der Waals surface area contributed by atoms with Gasteiger partial charge in [0.2, 0.25) is 0 Å². The number of aryl methyl sites for hydroxylation is 1. The standard InChI is InChI=1S/C27H29ClF3N3O4/c1-4-34-15-23(33-25(34)16(2)36)19-7-5-18(6-8-19)13-21(11-12-35)32-26(37)20-9-10-24(22(28)14-20)38-17(3)27(29,30)31/h5-10,14-15,17,21,35H,4,11-13H2,1-3H3,(H,32,37)/t17?,21-/m1/s1. The average Bonchev–Trinajstić information content (AvgIpc) is 3.30. The van der Waals surface area contributed by atoms with Gasteiger partial charge in [-0.1, -0.05) is 35.9 Å². The normalized spacial score (nSPS) is 13.2. The molecule has 2 aromatic carbocycles. The van der Waals surface area contributed by atoms with Gasteiger partial charge in [-0.15, -0.1) is 0 Å². The molecule has 0 fully saturated rings. The molecule has 7 nitrogen and oxygen atoms in total. The maximum absolute atomic E-state index is 12.8. The number of benzene rings is 2. The highest BCUT2D eigenvalue weighted by atomic mass is 35.5. The number of aromatic nitrogens is 2. The highest BCUT2D eigenvalue weighted by molar-refractivity contribution is 6.32. The first-order valence-electron chi connectivity index (χ1n) is 12.0. The molecule has 0 aliphatic carbocycles. The summed E-state index contributed by atoms with van der Waals surface area (Å²) in [5, 5.41) is 12.2. The lowest BCUT2D eigenvalue weighted by Crippen LogP contribution is -2.37. The average molecular weight is 552 g/mol. The summed E-state index contributed by atoms with van der Waals surface area (Å²) in [6.07, 6.45) is -4.07. The number of aliphatic hydroxyl groups is 1. The Bertz CT molecular complexity index is 1280. The Labute approximate surface area is 223 Å². The molecule has 1 heterocycles. The fraction of sp³-hybridized carbons (Fsp3) is 0.370. The molecule has 0 aliphatic rings. The van der Waals surface area contributed by atoms with Gasteiger partial charge in [0.25, 0.3) is 5.91 Å². The number of carbonyl (C=O) groups is 2. The molecule has 0 spiro atoms. The number of hydrogen-bond acceptors (Lipinski definition) is 5. The van der Waals surface area contributed by atoms with Crippen LogP contribution < -0.4 is 10.1 Å². The molecule has 0 bridgehead atoms. The molecule has 204 valence electrons. The van der Waals surface area contributed by atoms with Gasteiger partial charge in [-0.25, -0.2) is 4.98 Å². The van der Waals surface area contributed by atoms with Gasteiger partial charge in [-0.2, -0.15) is 13.2 Å². The van der Waals surface area contributed by atoms with Gasteiger partial charge >= 0.3 is 6.18 Å². The summed E-state index contributed by atoms with van der Waals surface area (Å²) in [5.74, 6) is -0.387. The fourth-order valence-corrected chi connectivity index (χ4v) is 4.04. The number of imidazole rings is 1. The van der Waals surface area contributed by atoms with E-state index in [1.54, 1.807) is 4.57 Å². The maximum Gasteiger partial charge on any atom is 0.425 e. The molecule has 2 N–H and O–H groups in total. The van der Waals surface area contributed by atoms with E-state index in [0.717, 1.165) is 18.1 Å². The molecule has 0 saturated heterocycles. The van der Waals surface area contributed by atoms with Crippen molar-refractivity contribution in [3.05, 3.63) is 70.6 Å². The number of ether oxygens (including phenoxy) is 1. The van der Waals surface area contributed by atoms with Gasteiger partial charge < -0.3 is 19.7 Å². The van der Waals surface area contributed by atoms with Crippen molar-refractivity contribution < 1.29 is 32.6 Å². The number of ketones is 1. The first-order chi connectivity index (χ1) is 17.9. The van der Waals surface area contributed by atoms with Crippen molar-refractivity contribution in [3.63, 3.8) is 0 Å². The van der Waals surface area contributed by atoms with E-state index >= 15 is 0 Å². The van der Waals surface area contributed by atoms with Gasteiger partial charge in [0, 0.05) is 43.4 Å². The molecule has 1 unspecified atom stereocenters. The minimum atomic E-state index is -4.55. The zero-order valence-electron chi connectivity index (χ0n) is 21.2. The lowest BCUT2D eigenvalue weighted by atomic mass is 10.0. The number of amides is 1.